The maximum atomic E-state index is 13.8. The van der Waals surface area contributed by atoms with Crippen LogP contribution in [0.5, 0.6) is 0 Å². The zero-order chi connectivity index (χ0) is 14.6. The van der Waals surface area contributed by atoms with Gasteiger partial charge in [-0.1, -0.05) is 25.2 Å². The Kier molecular flexibility index (Phi) is 4.41. The average molecular weight is 274 g/mol. The molecule has 3 nitrogen and oxygen atoms in total. The highest BCUT2D eigenvalue weighted by molar-refractivity contribution is 5.94. The van der Waals surface area contributed by atoms with Gasteiger partial charge in [-0.15, -0.1) is 0 Å². The lowest BCUT2D eigenvalue weighted by Gasteiger charge is -2.38. The third kappa shape index (κ3) is 3.37. The molecule has 0 atom stereocenters. The van der Waals surface area contributed by atoms with Crippen LogP contribution in [0.1, 0.15) is 42.1 Å². The number of nitrogens with one attached hydrogen (secondary N) is 1. The first-order valence-corrected chi connectivity index (χ1v) is 6.81. The van der Waals surface area contributed by atoms with E-state index in [1.165, 1.54) is 18.6 Å². The molecule has 3 N–H and O–H groups in total. The van der Waals surface area contributed by atoms with Crippen LogP contribution in [0.15, 0.2) is 18.2 Å². The van der Waals surface area contributed by atoms with Crippen LogP contribution in [0.2, 0.25) is 0 Å². The summed E-state index contributed by atoms with van der Waals surface area (Å²) in [6.45, 7) is 2.98. The van der Waals surface area contributed by atoms with Crippen LogP contribution in [0.25, 0.3) is 0 Å². The summed E-state index contributed by atoms with van der Waals surface area (Å²) in [5.41, 5.74) is 6.04. The largest absolute Gasteiger partial charge is 0.351 e. The molecule has 1 aliphatic carbocycles. The Labute approximate surface area is 118 Å². The Morgan fingerprint density at radius 3 is 2.80 bits per heavy atom. The molecule has 1 saturated carbocycles. The number of carbonyl (C=O) groups is 1. The summed E-state index contributed by atoms with van der Waals surface area (Å²) in [5.74, 6) is 4.49. The van der Waals surface area contributed by atoms with Crippen molar-refractivity contribution in [2.45, 2.75) is 26.2 Å². The lowest BCUT2D eigenvalue weighted by atomic mass is 9.70. The zero-order valence-electron chi connectivity index (χ0n) is 11.6. The van der Waals surface area contributed by atoms with Crippen LogP contribution in [0.3, 0.4) is 0 Å². The Morgan fingerprint density at radius 1 is 1.50 bits per heavy atom. The maximum absolute atomic E-state index is 13.8. The fraction of sp³-hybridized carbons (Fsp3) is 0.438. The minimum absolute atomic E-state index is 0.181. The number of hydrogen-bond acceptors (Lipinski definition) is 2. The normalized spacial score (nSPS) is 15.8. The summed E-state index contributed by atoms with van der Waals surface area (Å²) in [4.78, 5) is 12.0. The number of benzene rings is 1. The number of nitrogens with two attached hydrogens (primary N) is 1. The van der Waals surface area contributed by atoms with Crippen LogP contribution in [-0.2, 0) is 0 Å². The van der Waals surface area contributed by atoms with Crippen molar-refractivity contribution < 1.29 is 9.18 Å². The monoisotopic (exact) mass is 274 g/mol. The molecular formula is C16H19FN2O. The Hall–Kier alpha value is -1.86. The fourth-order valence-electron chi connectivity index (χ4n) is 2.26. The second-order valence-corrected chi connectivity index (χ2v) is 5.55. The van der Waals surface area contributed by atoms with Gasteiger partial charge in [-0.05, 0) is 36.5 Å². The molecule has 2 rings (SSSR count). The maximum Gasteiger partial charge on any atom is 0.251 e. The van der Waals surface area contributed by atoms with E-state index >= 15 is 0 Å². The van der Waals surface area contributed by atoms with E-state index in [1.54, 1.807) is 6.07 Å². The predicted octanol–water partition coefficient (Wildman–Crippen LogP) is 2.06. The summed E-state index contributed by atoms with van der Waals surface area (Å²) in [5, 5.41) is 2.87. The minimum Gasteiger partial charge on any atom is -0.351 e. The van der Waals surface area contributed by atoms with Crippen molar-refractivity contribution in [2.75, 3.05) is 13.1 Å². The molecule has 1 aliphatic rings. The first kappa shape index (κ1) is 14.5. The molecule has 0 bridgehead atoms. The first-order valence-electron chi connectivity index (χ1n) is 6.81. The van der Waals surface area contributed by atoms with E-state index in [0.29, 0.717) is 12.1 Å². The Morgan fingerprint density at radius 2 is 2.25 bits per heavy atom. The molecule has 1 fully saturated rings. The zero-order valence-corrected chi connectivity index (χ0v) is 11.6. The molecule has 4 heteroatoms. The van der Waals surface area contributed by atoms with Gasteiger partial charge in [0.1, 0.15) is 5.82 Å². The third-order valence-electron chi connectivity index (χ3n) is 3.79. The van der Waals surface area contributed by atoms with E-state index in [2.05, 4.69) is 24.1 Å². The van der Waals surface area contributed by atoms with Gasteiger partial charge in [0, 0.05) is 12.1 Å². The number of rotatable bonds is 3. The molecule has 1 aromatic rings. The summed E-state index contributed by atoms with van der Waals surface area (Å²) in [7, 11) is 0. The molecule has 0 saturated heterocycles. The van der Waals surface area contributed by atoms with E-state index < -0.39 is 5.82 Å². The Bertz CT molecular complexity index is 568. The van der Waals surface area contributed by atoms with Gasteiger partial charge in [0.25, 0.3) is 5.91 Å². The lowest BCUT2D eigenvalue weighted by molar-refractivity contribution is 0.0890. The van der Waals surface area contributed by atoms with Crippen LogP contribution in [0, 0.1) is 23.1 Å². The highest BCUT2D eigenvalue weighted by Gasteiger charge is 2.31. The van der Waals surface area contributed by atoms with Crippen molar-refractivity contribution >= 4 is 5.91 Å². The van der Waals surface area contributed by atoms with Crippen molar-refractivity contribution in [1.82, 2.24) is 5.32 Å². The minimum atomic E-state index is -0.492. The molecular weight excluding hydrogens is 255 g/mol. The number of carbonyl (C=O) groups excluding carboxylic acids is 1. The molecule has 20 heavy (non-hydrogen) atoms. The SMILES string of the molecule is CC1(CNC(=O)c2ccc(C#CCN)c(F)c2)CCC1. The highest BCUT2D eigenvalue weighted by atomic mass is 19.1. The molecule has 0 unspecified atom stereocenters. The van der Waals surface area contributed by atoms with E-state index in [1.807, 2.05) is 0 Å². The van der Waals surface area contributed by atoms with Crippen molar-refractivity contribution in [2.24, 2.45) is 11.1 Å². The van der Waals surface area contributed by atoms with E-state index in [-0.39, 0.29) is 23.4 Å². The second kappa shape index (κ2) is 6.06. The van der Waals surface area contributed by atoms with Crippen molar-refractivity contribution in [1.29, 1.82) is 0 Å². The molecule has 106 valence electrons. The fourth-order valence-corrected chi connectivity index (χ4v) is 2.26. The van der Waals surface area contributed by atoms with Crippen LogP contribution in [0.4, 0.5) is 4.39 Å². The lowest BCUT2D eigenvalue weighted by Crippen LogP contribution is -2.39. The summed E-state index contributed by atoms with van der Waals surface area (Å²) in [6, 6.07) is 4.32. The molecule has 1 amide bonds. The summed E-state index contributed by atoms with van der Waals surface area (Å²) < 4.78 is 13.8. The number of hydrogen-bond donors (Lipinski definition) is 2. The van der Waals surface area contributed by atoms with E-state index in [4.69, 9.17) is 5.73 Å². The van der Waals surface area contributed by atoms with Crippen molar-refractivity contribution in [3.8, 4) is 11.8 Å². The Balaban J connectivity index is 2.01. The van der Waals surface area contributed by atoms with Gasteiger partial charge in [0.2, 0.25) is 0 Å². The van der Waals surface area contributed by atoms with Gasteiger partial charge in [-0.3, -0.25) is 4.79 Å². The molecule has 0 aromatic heterocycles. The third-order valence-corrected chi connectivity index (χ3v) is 3.79. The topological polar surface area (TPSA) is 55.1 Å². The molecule has 1 aromatic carbocycles. The first-order chi connectivity index (χ1) is 9.54. The van der Waals surface area contributed by atoms with Gasteiger partial charge in [0.05, 0.1) is 12.1 Å². The number of halogens is 1. The van der Waals surface area contributed by atoms with Gasteiger partial charge in [-0.2, -0.15) is 0 Å². The van der Waals surface area contributed by atoms with E-state index in [0.717, 1.165) is 12.8 Å². The highest BCUT2D eigenvalue weighted by Crippen LogP contribution is 2.39. The predicted molar refractivity (Wildman–Crippen MR) is 76.6 cm³/mol. The smallest absolute Gasteiger partial charge is 0.251 e. The molecule has 0 radical (unpaired) electrons. The summed E-state index contributed by atoms with van der Waals surface area (Å²) >= 11 is 0. The van der Waals surface area contributed by atoms with Gasteiger partial charge < -0.3 is 11.1 Å². The van der Waals surface area contributed by atoms with Crippen LogP contribution >= 0.6 is 0 Å². The van der Waals surface area contributed by atoms with Gasteiger partial charge >= 0.3 is 0 Å². The van der Waals surface area contributed by atoms with Gasteiger partial charge in [0.15, 0.2) is 0 Å². The molecule has 0 spiro atoms. The quantitative estimate of drug-likeness (QED) is 0.829. The summed E-state index contributed by atoms with van der Waals surface area (Å²) in [6.07, 6.45) is 3.49. The van der Waals surface area contributed by atoms with Crippen molar-refractivity contribution in [3.63, 3.8) is 0 Å². The van der Waals surface area contributed by atoms with Crippen LogP contribution < -0.4 is 11.1 Å². The number of amides is 1. The van der Waals surface area contributed by atoms with E-state index in [9.17, 15) is 9.18 Å². The van der Waals surface area contributed by atoms with Crippen molar-refractivity contribution in [3.05, 3.63) is 35.1 Å². The second-order valence-electron chi connectivity index (χ2n) is 5.55. The molecule has 0 aliphatic heterocycles. The standard InChI is InChI=1S/C16H19FN2O/c1-16(7-3-8-16)11-19-15(20)13-6-5-12(4-2-9-18)14(17)10-13/h5-6,10H,3,7-9,11,18H2,1H3,(H,19,20). The molecule has 0 heterocycles. The van der Waals surface area contributed by atoms with Crippen LogP contribution in [-0.4, -0.2) is 19.0 Å². The average Bonchev–Trinajstić information content (AvgIpc) is 2.41. The van der Waals surface area contributed by atoms with Gasteiger partial charge in [-0.25, -0.2) is 4.39 Å².